The van der Waals surface area contributed by atoms with Crippen molar-refractivity contribution in [2.75, 3.05) is 13.7 Å². The van der Waals surface area contributed by atoms with Crippen LogP contribution in [0.5, 0.6) is 5.75 Å². The lowest BCUT2D eigenvalue weighted by molar-refractivity contribution is -0.260. The molecule has 1 unspecified atom stereocenters. The van der Waals surface area contributed by atoms with E-state index < -0.39 is 11.4 Å². The number of rotatable bonds is 2. The molecule has 2 atom stereocenters. The molecule has 2 heterocycles. The van der Waals surface area contributed by atoms with Crippen molar-refractivity contribution < 1.29 is 19.0 Å². The molecule has 0 saturated heterocycles. The lowest BCUT2D eigenvalue weighted by atomic mass is 9.74. The number of hydrogen-bond donors (Lipinski definition) is 0. The minimum Gasteiger partial charge on any atom is -0.453 e. The molecule has 0 aromatic heterocycles. The van der Waals surface area contributed by atoms with E-state index in [0.29, 0.717) is 17.9 Å². The van der Waals surface area contributed by atoms with Crippen LogP contribution in [0.25, 0.3) is 0 Å². The first kappa shape index (κ1) is 15.1. The van der Waals surface area contributed by atoms with E-state index in [-0.39, 0.29) is 5.78 Å². The summed E-state index contributed by atoms with van der Waals surface area (Å²) < 4.78 is 18.2. The van der Waals surface area contributed by atoms with Crippen LogP contribution in [0.1, 0.15) is 22.8 Å². The first-order valence-electron chi connectivity index (χ1n) is 7.90. The molecular formula is C20H18O4. The Labute approximate surface area is 140 Å². The number of ketones is 1. The van der Waals surface area contributed by atoms with Gasteiger partial charge < -0.3 is 14.2 Å². The van der Waals surface area contributed by atoms with Gasteiger partial charge in [0.05, 0.1) is 12.2 Å². The molecule has 2 aliphatic rings. The second-order valence-electron chi connectivity index (χ2n) is 5.99. The molecule has 0 saturated carbocycles. The molecule has 0 bridgehead atoms. The van der Waals surface area contributed by atoms with E-state index in [0.717, 1.165) is 11.1 Å². The third kappa shape index (κ3) is 1.72. The Morgan fingerprint density at radius 1 is 1.04 bits per heavy atom. The van der Waals surface area contributed by atoms with Gasteiger partial charge in [0.1, 0.15) is 5.75 Å². The van der Waals surface area contributed by atoms with Crippen molar-refractivity contribution in [2.45, 2.75) is 18.3 Å². The fraction of sp³-hybridized carbons (Fsp3) is 0.250. The number of para-hydroxylation sites is 1. The highest BCUT2D eigenvalue weighted by atomic mass is 16.7. The number of fused-ring (bicyclic) bond motifs is 1. The molecule has 2 aromatic rings. The molecule has 1 spiro atoms. The summed E-state index contributed by atoms with van der Waals surface area (Å²) in [5.41, 5.74) is 0.728. The number of benzene rings is 2. The van der Waals surface area contributed by atoms with Gasteiger partial charge in [-0.3, -0.25) is 4.79 Å². The minimum atomic E-state index is -1.36. The average Bonchev–Trinajstić information content (AvgIpc) is 3.02. The summed E-state index contributed by atoms with van der Waals surface area (Å²) in [7, 11) is 1.55. The summed E-state index contributed by atoms with van der Waals surface area (Å²) in [5, 5.41) is 0. The van der Waals surface area contributed by atoms with Gasteiger partial charge in [0.2, 0.25) is 11.4 Å². The summed E-state index contributed by atoms with van der Waals surface area (Å²) in [4.78, 5) is 13.5. The van der Waals surface area contributed by atoms with Crippen LogP contribution in [0, 0.1) is 0 Å². The highest BCUT2D eigenvalue weighted by molar-refractivity contribution is 6.09. The van der Waals surface area contributed by atoms with Crippen LogP contribution >= 0.6 is 0 Å². The van der Waals surface area contributed by atoms with Crippen LogP contribution in [-0.4, -0.2) is 25.1 Å². The van der Waals surface area contributed by atoms with Gasteiger partial charge in [0.15, 0.2) is 0 Å². The van der Waals surface area contributed by atoms with E-state index in [1.165, 1.54) is 0 Å². The van der Waals surface area contributed by atoms with Gasteiger partial charge >= 0.3 is 0 Å². The largest absolute Gasteiger partial charge is 0.453 e. The van der Waals surface area contributed by atoms with Crippen molar-refractivity contribution in [3.63, 3.8) is 0 Å². The average molecular weight is 322 g/mol. The van der Waals surface area contributed by atoms with Crippen LogP contribution in [0.4, 0.5) is 0 Å². The maximum Gasteiger partial charge on any atom is 0.278 e. The molecule has 4 heteroatoms. The van der Waals surface area contributed by atoms with Gasteiger partial charge in [0, 0.05) is 12.7 Å². The highest BCUT2D eigenvalue weighted by Crippen LogP contribution is 2.52. The molecule has 0 amide bonds. The van der Waals surface area contributed by atoms with Gasteiger partial charge in [-0.1, -0.05) is 48.5 Å². The van der Waals surface area contributed by atoms with E-state index in [2.05, 4.69) is 0 Å². The van der Waals surface area contributed by atoms with Gasteiger partial charge in [-0.25, -0.2) is 0 Å². The molecule has 4 rings (SSSR count). The van der Waals surface area contributed by atoms with Crippen molar-refractivity contribution in [3.8, 4) is 5.75 Å². The molecule has 122 valence electrons. The first-order chi connectivity index (χ1) is 11.7. The van der Waals surface area contributed by atoms with Crippen molar-refractivity contribution >= 4 is 5.78 Å². The topological polar surface area (TPSA) is 44.8 Å². The number of methoxy groups -OCH3 is 1. The van der Waals surface area contributed by atoms with Crippen molar-refractivity contribution in [2.24, 2.45) is 0 Å². The van der Waals surface area contributed by atoms with Gasteiger partial charge in [-0.05, 0) is 24.6 Å². The number of hydrogen-bond acceptors (Lipinski definition) is 4. The van der Waals surface area contributed by atoms with Crippen molar-refractivity contribution in [1.29, 1.82) is 0 Å². The zero-order chi connectivity index (χ0) is 16.8. The van der Waals surface area contributed by atoms with Gasteiger partial charge in [-0.15, -0.1) is 0 Å². The van der Waals surface area contributed by atoms with Crippen molar-refractivity contribution in [3.05, 3.63) is 77.4 Å². The van der Waals surface area contributed by atoms with Gasteiger partial charge in [-0.2, -0.15) is 0 Å². The second kappa shape index (κ2) is 5.30. The van der Waals surface area contributed by atoms with Crippen LogP contribution < -0.4 is 4.74 Å². The summed E-state index contributed by atoms with van der Waals surface area (Å²) in [6.45, 7) is 2.24. The molecule has 0 fully saturated rings. The third-order valence-corrected chi connectivity index (χ3v) is 4.85. The Bertz CT molecular complexity index is 827. The number of ether oxygens (including phenoxy) is 3. The fourth-order valence-electron chi connectivity index (χ4n) is 3.68. The van der Waals surface area contributed by atoms with E-state index >= 15 is 0 Å². The standard InChI is InChI=1S/C20H18O4/c1-14-12-13-23-19(14)18(21)16-10-6-7-11-17(16)24-20(19,22-2)15-8-4-3-5-9-15/h3-12H,13H2,1-2H3/t19?,20-/m0/s1. The Morgan fingerprint density at radius 2 is 1.75 bits per heavy atom. The molecule has 0 radical (unpaired) electrons. The Kier molecular flexibility index (Phi) is 3.34. The number of carbonyl (C=O) groups is 1. The first-order valence-corrected chi connectivity index (χ1v) is 7.90. The molecule has 24 heavy (non-hydrogen) atoms. The highest BCUT2D eigenvalue weighted by Gasteiger charge is 2.67. The SMILES string of the molecule is CO[C@@]1(c2ccccc2)Oc2ccccc2C(=O)C12OCC=C2C. The van der Waals surface area contributed by atoms with Gasteiger partial charge in [0.25, 0.3) is 5.79 Å². The lowest BCUT2D eigenvalue weighted by Crippen LogP contribution is -2.64. The van der Waals surface area contributed by atoms with E-state index in [1.54, 1.807) is 19.2 Å². The van der Waals surface area contributed by atoms with Crippen LogP contribution in [0.15, 0.2) is 66.2 Å². The van der Waals surface area contributed by atoms with Crippen LogP contribution in [-0.2, 0) is 15.3 Å². The van der Waals surface area contributed by atoms with Crippen LogP contribution in [0.2, 0.25) is 0 Å². The van der Waals surface area contributed by atoms with E-state index in [1.807, 2.05) is 55.5 Å². The maximum absolute atomic E-state index is 13.5. The molecular weight excluding hydrogens is 304 g/mol. The number of Topliss-reactive ketones (excluding diaryl/α,β-unsaturated/α-hetero) is 1. The zero-order valence-corrected chi connectivity index (χ0v) is 13.6. The predicted octanol–water partition coefficient (Wildman–Crippen LogP) is 3.48. The van der Waals surface area contributed by atoms with Crippen molar-refractivity contribution in [1.82, 2.24) is 0 Å². The lowest BCUT2D eigenvalue weighted by Gasteiger charge is -2.49. The monoisotopic (exact) mass is 322 g/mol. The van der Waals surface area contributed by atoms with E-state index in [9.17, 15) is 4.79 Å². The fourth-order valence-corrected chi connectivity index (χ4v) is 3.68. The summed E-state index contributed by atoms with van der Waals surface area (Å²) in [6.07, 6.45) is 1.91. The maximum atomic E-state index is 13.5. The van der Waals surface area contributed by atoms with E-state index in [4.69, 9.17) is 14.2 Å². The molecule has 0 N–H and O–H groups in total. The second-order valence-corrected chi connectivity index (χ2v) is 5.99. The van der Waals surface area contributed by atoms with Crippen LogP contribution in [0.3, 0.4) is 0 Å². The quantitative estimate of drug-likeness (QED) is 0.794. The Morgan fingerprint density at radius 3 is 2.42 bits per heavy atom. The summed E-state index contributed by atoms with van der Waals surface area (Å²) >= 11 is 0. The molecule has 2 aliphatic heterocycles. The smallest absolute Gasteiger partial charge is 0.278 e. The molecule has 2 aromatic carbocycles. The summed E-state index contributed by atoms with van der Waals surface area (Å²) in [5.74, 6) is -1.00. The normalized spacial score (nSPS) is 28.4. The summed E-state index contributed by atoms with van der Waals surface area (Å²) in [6, 6.07) is 16.7. The third-order valence-electron chi connectivity index (χ3n) is 4.85. The molecule has 4 nitrogen and oxygen atoms in total. The zero-order valence-electron chi connectivity index (χ0n) is 13.6. The number of carbonyl (C=O) groups excluding carboxylic acids is 1. The molecule has 0 aliphatic carbocycles. The minimum absolute atomic E-state index is 0.138. The Hall–Kier alpha value is -2.43. The predicted molar refractivity (Wildman–Crippen MR) is 89.0 cm³/mol. The Balaban J connectivity index is 2.04.